The average Bonchev–Trinajstić information content (AvgIpc) is 2.17. The number of benzene rings is 1. The van der Waals surface area contributed by atoms with E-state index >= 15 is 0 Å². The summed E-state index contributed by atoms with van der Waals surface area (Å²) in [4.78, 5) is 0. The van der Waals surface area contributed by atoms with Gasteiger partial charge in [0.15, 0.2) is 0 Å². The van der Waals surface area contributed by atoms with E-state index in [1.165, 1.54) is 5.56 Å². The van der Waals surface area contributed by atoms with Gasteiger partial charge in [-0.2, -0.15) is 0 Å². The van der Waals surface area contributed by atoms with Gasteiger partial charge in [-0.3, -0.25) is 0 Å². The van der Waals surface area contributed by atoms with Crippen LogP contribution in [0.1, 0.15) is 24.6 Å². The van der Waals surface area contributed by atoms with Crippen molar-refractivity contribution in [1.29, 1.82) is 0 Å². The maximum absolute atomic E-state index is 5.08. The fraction of sp³-hybridized carbons (Fsp3) is 0.400. The van der Waals surface area contributed by atoms with Gasteiger partial charge in [-0.25, -0.2) is 0 Å². The second kappa shape index (κ2) is 4.47. The maximum atomic E-state index is 5.08. The Bertz CT molecular complexity index is 230. The quantitative estimate of drug-likeness (QED) is 0.653. The van der Waals surface area contributed by atoms with Crippen LogP contribution in [-0.2, 0) is 0 Å². The Hall–Kier alpha value is -0.550. The van der Waals surface area contributed by atoms with E-state index in [0.717, 1.165) is 12.2 Å². The molecular formula is C10H15OP. The van der Waals surface area contributed by atoms with Gasteiger partial charge < -0.3 is 4.74 Å². The van der Waals surface area contributed by atoms with Crippen LogP contribution in [0.2, 0.25) is 0 Å². The van der Waals surface area contributed by atoms with Crippen LogP contribution in [0.3, 0.4) is 0 Å². The van der Waals surface area contributed by atoms with Gasteiger partial charge in [-0.1, -0.05) is 19.1 Å². The van der Waals surface area contributed by atoms with Gasteiger partial charge in [0, 0.05) is 0 Å². The third-order valence-corrected chi connectivity index (χ3v) is 2.84. The van der Waals surface area contributed by atoms with Gasteiger partial charge in [-0.05, 0) is 29.8 Å². The first kappa shape index (κ1) is 9.54. The molecule has 1 rings (SSSR count). The summed E-state index contributed by atoms with van der Waals surface area (Å²) < 4.78 is 5.08. The molecular weight excluding hydrogens is 167 g/mol. The molecule has 0 heterocycles. The van der Waals surface area contributed by atoms with E-state index in [0.29, 0.717) is 5.66 Å². The predicted octanol–water partition coefficient (Wildman–Crippen LogP) is 3.02. The topological polar surface area (TPSA) is 9.23 Å². The molecule has 2 atom stereocenters. The molecule has 0 aromatic heterocycles. The van der Waals surface area contributed by atoms with Crippen LogP contribution in [0.4, 0.5) is 0 Å². The van der Waals surface area contributed by atoms with Gasteiger partial charge in [0.2, 0.25) is 0 Å². The average molecular weight is 182 g/mol. The third-order valence-electron chi connectivity index (χ3n) is 1.98. The molecule has 1 aromatic carbocycles. The van der Waals surface area contributed by atoms with Crippen molar-refractivity contribution < 1.29 is 4.74 Å². The molecule has 0 saturated heterocycles. The molecule has 66 valence electrons. The predicted molar refractivity (Wildman–Crippen MR) is 55.7 cm³/mol. The number of methoxy groups -OCH3 is 1. The Balaban J connectivity index is 2.77. The summed E-state index contributed by atoms with van der Waals surface area (Å²) >= 11 is 0. The van der Waals surface area contributed by atoms with Crippen molar-refractivity contribution in [3.8, 4) is 5.75 Å². The highest BCUT2D eigenvalue weighted by Crippen LogP contribution is 2.27. The molecule has 0 aliphatic rings. The smallest absolute Gasteiger partial charge is 0.118 e. The summed E-state index contributed by atoms with van der Waals surface area (Å²) in [5.74, 6) is 0.923. The number of hydrogen-bond donors (Lipinski definition) is 0. The SMILES string of the molecule is CCC(P)c1ccc(OC)cc1. The van der Waals surface area contributed by atoms with Gasteiger partial charge in [0.25, 0.3) is 0 Å². The van der Waals surface area contributed by atoms with Gasteiger partial charge in [0.05, 0.1) is 7.11 Å². The Morgan fingerprint density at radius 2 is 1.92 bits per heavy atom. The lowest BCUT2D eigenvalue weighted by Crippen LogP contribution is -1.88. The number of rotatable bonds is 3. The molecule has 2 unspecified atom stereocenters. The first-order valence-corrected chi connectivity index (χ1v) is 4.84. The highest BCUT2D eigenvalue weighted by Gasteiger charge is 2.01. The van der Waals surface area contributed by atoms with Crippen molar-refractivity contribution in [2.75, 3.05) is 7.11 Å². The summed E-state index contributed by atoms with van der Waals surface area (Å²) in [6.45, 7) is 2.18. The lowest BCUT2D eigenvalue weighted by atomic mass is 10.1. The minimum absolute atomic E-state index is 0.566. The van der Waals surface area contributed by atoms with Crippen molar-refractivity contribution in [2.24, 2.45) is 0 Å². The highest BCUT2D eigenvalue weighted by atomic mass is 31.0. The molecule has 12 heavy (non-hydrogen) atoms. The van der Waals surface area contributed by atoms with Crippen LogP contribution in [0.15, 0.2) is 24.3 Å². The molecule has 0 spiro atoms. The fourth-order valence-electron chi connectivity index (χ4n) is 1.09. The molecule has 0 saturated carbocycles. The van der Waals surface area contributed by atoms with Gasteiger partial charge >= 0.3 is 0 Å². The summed E-state index contributed by atoms with van der Waals surface area (Å²) in [6, 6.07) is 8.23. The van der Waals surface area contributed by atoms with Crippen molar-refractivity contribution in [2.45, 2.75) is 19.0 Å². The zero-order valence-corrected chi connectivity index (χ0v) is 8.73. The maximum Gasteiger partial charge on any atom is 0.118 e. The second-order valence-corrected chi connectivity index (χ2v) is 3.59. The molecule has 0 radical (unpaired) electrons. The lowest BCUT2D eigenvalue weighted by molar-refractivity contribution is 0.414. The minimum atomic E-state index is 0.566. The Morgan fingerprint density at radius 1 is 1.33 bits per heavy atom. The van der Waals surface area contributed by atoms with E-state index in [-0.39, 0.29) is 0 Å². The van der Waals surface area contributed by atoms with Crippen LogP contribution in [0.25, 0.3) is 0 Å². The molecule has 1 nitrogen and oxygen atoms in total. The van der Waals surface area contributed by atoms with E-state index in [9.17, 15) is 0 Å². The van der Waals surface area contributed by atoms with Crippen LogP contribution in [0, 0.1) is 0 Å². The molecule has 0 bridgehead atoms. The Morgan fingerprint density at radius 3 is 2.33 bits per heavy atom. The van der Waals surface area contributed by atoms with Gasteiger partial charge in [0.1, 0.15) is 5.75 Å². The van der Waals surface area contributed by atoms with Crippen LogP contribution in [-0.4, -0.2) is 7.11 Å². The fourth-order valence-corrected chi connectivity index (χ4v) is 1.31. The standard InChI is InChI=1S/C10H15OP/c1-3-10(12)8-4-6-9(11-2)7-5-8/h4-7,10H,3,12H2,1-2H3. The normalized spacial score (nSPS) is 12.6. The first-order valence-electron chi connectivity index (χ1n) is 4.17. The van der Waals surface area contributed by atoms with E-state index in [1.807, 2.05) is 12.1 Å². The summed E-state index contributed by atoms with van der Waals surface area (Å²) in [6.07, 6.45) is 1.15. The number of hydrogen-bond acceptors (Lipinski definition) is 1. The molecule has 2 heteroatoms. The highest BCUT2D eigenvalue weighted by molar-refractivity contribution is 7.17. The lowest BCUT2D eigenvalue weighted by Gasteiger charge is -2.08. The van der Waals surface area contributed by atoms with E-state index in [4.69, 9.17) is 4.74 Å². The monoisotopic (exact) mass is 182 g/mol. The number of ether oxygens (including phenoxy) is 1. The van der Waals surface area contributed by atoms with Crippen LogP contribution in [0.5, 0.6) is 5.75 Å². The van der Waals surface area contributed by atoms with Gasteiger partial charge in [-0.15, -0.1) is 9.24 Å². The molecule has 0 fully saturated rings. The second-order valence-electron chi connectivity index (χ2n) is 2.79. The van der Waals surface area contributed by atoms with Crippen molar-refractivity contribution in [3.63, 3.8) is 0 Å². The zero-order valence-electron chi connectivity index (χ0n) is 7.58. The molecule has 0 aliphatic carbocycles. The Labute approximate surface area is 76.3 Å². The minimum Gasteiger partial charge on any atom is -0.497 e. The van der Waals surface area contributed by atoms with E-state index in [2.05, 4.69) is 28.3 Å². The summed E-state index contributed by atoms with van der Waals surface area (Å²) in [7, 11) is 4.53. The summed E-state index contributed by atoms with van der Waals surface area (Å²) in [5.41, 5.74) is 1.92. The largest absolute Gasteiger partial charge is 0.497 e. The van der Waals surface area contributed by atoms with Crippen LogP contribution < -0.4 is 4.74 Å². The zero-order chi connectivity index (χ0) is 8.97. The van der Waals surface area contributed by atoms with Crippen molar-refractivity contribution in [1.82, 2.24) is 0 Å². The molecule has 0 N–H and O–H groups in total. The van der Waals surface area contributed by atoms with E-state index < -0.39 is 0 Å². The van der Waals surface area contributed by atoms with Crippen LogP contribution >= 0.6 is 9.24 Å². The third kappa shape index (κ3) is 2.22. The molecule has 0 amide bonds. The van der Waals surface area contributed by atoms with Crippen molar-refractivity contribution in [3.05, 3.63) is 29.8 Å². The first-order chi connectivity index (χ1) is 5.77. The summed E-state index contributed by atoms with van der Waals surface area (Å²) in [5, 5.41) is 0. The Kier molecular flexibility index (Phi) is 3.55. The molecule has 0 aliphatic heterocycles. The van der Waals surface area contributed by atoms with Crippen molar-refractivity contribution >= 4 is 9.24 Å². The molecule has 1 aromatic rings. The van der Waals surface area contributed by atoms with E-state index in [1.54, 1.807) is 7.11 Å².